The fraction of sp³-hybridized carbons (Fsp3) is 0.636. The van der Waals surface area contributed by atoms with Gasteiger partial charge in [0.25, 0.3) is 0 Å². The molecule has 1 aromatic heterocycles. The molecule has 26 heavy (non-hydrogen) atoms. The first-order valence-corrected chi connectivity index (χ1v) is 10.4. The van der Waals surface area contributed by atoms with Crippen LogP contribution in [0.15, 0.2) is 24.3 Å². The first-order chi connectivity index (χ1) is 12.8. The molecule has 1 saturated heterocycles. The van der Waals surface area contributed by atoms with Gasteiger partial charge in [0.1, 0.15) is 0 Å². The van der Waals surface area contributed by atoms with Gasteiger partial charge in [-0.1, -0.05) is 18.2 Å². The number of nitrogens with one attached hydrogen (secondary N) is 1. The van der Waals surface area contributed by atoms with Crippen LogP contribution in [0.2, 0.25) is 0 Å². The van der Waals surface area contributed by atoms with Crippen LogP contribution >= 0.6 is 0 Å². The van der Waals surface area contributed by atoms with Crippen molar-refractivity contribution in [2.24, 2.45) is 0 Å². The van der Waals surface area contributed by atoms with Crippen LogP contribution in [-0.2, 0) is 9.47 Å². The van der Waals surface area contributed by atoms with Crippen molar-refractivity contribution >= 4 is 10.9 Å². The molecule has 2 aliphatic rings. The van der Waals surface area contributed by atoms with E-state index in [0.717, 1.165) is 12.8 Å². The molecule has 4 heteroatoms. The number of aromatic amines is 1. The van der Waals surface area contributed by atoms with Crippen LogP contribution in [0.4, 0.5) is 0 Å². The van der Waals surface area contributed by atoms with Gasteiger partial charge in [-0.25, -0.2) is 0 Å². The number of rotatable bonds is 8. The van der Waals surface area contributed by atoms with E-state index in [1.165, 1.54) is 48.9 Å². The van der Waals surface area contributed by atoms with Crippen LogP contribution in [0, 0.1) is 0 Å². The molecule has 2 bridgehead atoms. The quantitative estimate of drug-likeness (QED) is 0.679. The Hall–Kier alpha value is -1.36. The van der Waals surface area contributed by atoms with Gasteiger partial charge < -0.3 is 14.5 Å². The Morgan fingerprint density at radius 2 is 2.00 bits per heavy atom. The molecule has 1 aromatic carbocycles. The van der Waals surface area contributed by atoms with Crippen LogP contribution in [0.3, 0.4) is 0 Å². The van der Waals surface area contributed by atoms with E-state index in [1.54, 1.807) is 5.56 Å². The van der Waals surface area contributed by atoms with Gasteiger partial charge >= 0.3 is 0 Å². The average Bonchev–Trinajstić information content (AvgIpc) is 3.04. The summed E-state index contributed by atoms with van der Waals surface area (Å²) in [6.07, 6.45) is 5.87. The van der Waals surface area contributed by atoms with Gasteiger partial charge in [0, 0.05) is 36.4 Å². The molecule has 0 aliphatic carbocycles. The third-order valence-corrected chi connectivity index (χ3v) is 6.03. The number of piperidine rings is 1. The zero-order chi connectivity index (χ0) is 17.9. The number of hydrogen-bond acceptors (Lipinski definition) is 3. The maximum atomic E-state index is 5.73. The molecule has 2 aromatic rings. The Balaban J connectivity index is 1.53. The Labute approximate surface area is 156 Å². The second-order valence-electron chi connectivity index (χ2n) is 7.62. The van der Waals surface area contributed by atoms with Gasteiger partial charge in [0.2, 0.25) is 0 Å². The highest BCUT2D eigenvalue weighted by Crippen LogP contribution is 2.46. The Bertz CT molecular complexity index is 720. The normalized spacial score (nSPS) is 25.0. The first kappa shape index (κ1) is 18.0. The second kappa shape index (κ2) is 8.12. The average molecular weight is 357 g/mol. The van der Waals surface area contributed by atoms with E-state index in [-0.39, 0.29) is 6.29 Å². The van der Waals surface area contributed by atoms with E-state index in [0.29, 0.717) is 25.2 Å². The monoisotopic (exact) mass is 356 g/mol. The van der Waals surface area contributed by atoms with Gasteiger partial charge in [-0.3, -0.25) is 4.90 Å². The lowest BCUT2D eigenvalue weighted by Crippen LogP contribution is -2.42. The van der Waals surface area contributed by atoms with Crippen LogP contribution in [-0.4, -0.2) is 42.5 Å². The molecule has 3 atom stereocenters. The highest BCUT2D eigenvalue weighted by atomic mass is 16.7. The molecule has 1 N–H and O–H groups in total. The van der Waals surface area contributed by atoms with Crippen LogP contribution in [0.5, 0.6) is 0 Å². The van der Waals surface area contributed by atoms with E-state index in [4.69, 9.17) is 9.47 Å². The van der Waals surface area contributed by atoms with Gasteiger partial charge in [-0.05, 0) is 70.0 Å². The van der Waals surface area contributed by atoms with E-state index >= 15 is 0 Å². The lowest BCUT2D eigenvalue weighted by Gasteiger charge is -2.43. The van der Waals surface area contributed by atoms with Crippen molar-refractivity contribution < 1.29 is 9.47 Å². The summed E-state index contributed by atoms with van der Waals surface area (Å²) in [5, 5.41) is 1.44. The molecule has 1 fully saturated rings. The SMILES string of the molecule is CCOC(CCC[C@@H]1c2[nH]c3ccccc3c2[C@H]2CCCN1C2)OCC. The van der Waals surface area contributed by atoms with Gasteiger partial charge in [0.05, 0.1) is 6.04 Å². The van der Waals surface area contributed by atoms with Crippen LogP contribution in [0.1, 0.15) is 69.2 Å². The zero-order valence-electron chi connectivity index (χ0n) is 16.2. The first-order valence-electron chi connectivity index (χ1n) is 10.4. The number of fused-ring (bicyclic) bond motifs is 6. The minimum atomic E-state index is -0.0510. The summed E-state index contributed by atoms with van der Waals surface area (Å²) in [5.41, 5.74) is 4.39. The Kier molecular flexibility index (Phi) is 5.63. The van der Waals surface area contributed by atoms with Gasteiger partial charge in [0.15, 0.2) is 6.29 Å². The summed E-state index contributed by atoms with van der Waals surface area (Å²) in [7, 11) is 0. The second-order valence-corrected chi connectivity index (χ2v) is 7.62. The standard InChI is InChI=1S/C22H32N2O2/c1-3-25-20(26-4-2)13-7-12-19-22-21(16-9-8-14-24(19)15-16)17-10-5-6-11-18(17)23-22/h5-6,10-11,16,19-20,23H,3-4,7-9,12-15H2,1-2H3/t16-,19+/m0/s1. The van der Waals surface area contributed by atoms with Crippen molar-refractivity contribution in [1.82, 2.24) is 9.88 Å². The highest BCUT2D eigenvalue weighted by molar-refractivity contribution is 5.85. The van der Waals surface area contributed by atoms with Crippen molar-refractivity contribution in [3.63, 3.8) is 0 Å². The summed E-state index contributed by atoms with van der Waals surface area (Å²) >= 11 is 0. The summed E-state index contributed by atoms with van der Waals surface area (Å²) < 4.78 is 11.5. The Morgan fingerprint density at radius 3 is 2.81 bits per heavy atom. The number of nitrogens with zero attached hydrogens (tertiary/aromatic N) is 1. The van der Waals surface area contributed by atoms with Gasteiger partial charge in [-0.15, -0.1) is 0 Å². The molecular weight excluding hydrogens is 324 g/mol. The molecule has 142 valence electrons. The van der Waals surface area contributed by atoms with Crippen molar-refractivity contribution in [3.8, 4) is 0 Å². The number of para-hydroxylation sites is 1. The zero-order valence-corrected chi connectivity index (χ0v) is 16.2. The van der Waals surface area contributed by atoms with Crippen LogP contribution in [0.25, 0.3) is 10.9 Å². The summed E-state index contributed by atoms with van der Waals surface area (Å²) in [6.45, 7) is 7.97. The molecule has 4 rings (SSSR count). The number of H-pyrrole nitrogens is 1. The minimum Gasteiger partial charge on any atom is -0.357 e. The summed E-state index contributed by atoms with van der Waals surface area (Å²) in [4.78, 5) is 6.49. The minimum absolute atomic E-state index is 0.0510. The molecule has 4 nitrogen and oxygen atoms in total. The molecule has 0 amide bonds. The fourth-order valence-electron chi connectivity index (χ4n) is 4.99. The van der Waals surface area contributed by atoms with E-state index in [9.17, 15) is 0 Å². The smallest absolute Gasteiger partial charge is 0.157 e. The third-order valence-electron chi connectivity index (χ3n) is 6.03. The molecule has 0 spiro atoms. The lowest BCUT2D eigenvalue weighted by atomic mass is 9.81. The predicted octanol–water partition coefficient (Wildman–Crippen LogP) is 4.97. The highest BCUT2D eigenvalue weighted by Gasteiger charge is 2.37. The van der Waals surface area contributed by atoms with Crippen molar-refractivity contribution in [2.45, 2.75) is 64.2 Å². The predicted molar refractivity (Wildman–Crippen MR) is 105 cm³/mol. The number of benzene rings is 1. The fourth-order valence-corrected chi connectivity index (χ4v) is 4.99. The largest absolute Gasteiger partial charge is 0.357 e. The van der Waals surface area contributed by atoms with Crippen molar-refractivity contribution in [1.29, 1.82) is 0 Å². The number of ether oxygens (including phenoxy) is 2. The summed E-state index contributed by atoms with van der Waals surface area (Å²) in [6, 6.07) is 9.35. The van der Waals surface area contributed by atoms with Crippen LogP contribution < -0.4 is 0 Å². The van der Waals surface area contributed by atoms with E-state index < -0.39 is 0 Å². The van der Waals surface area contributed by atoms with E-state index in [2.05, 4.69) is 34.1 Å². The lowest BCUT2D eigenvalue weighted by molar-refractivity contribution is -0.140. The maximum Gasteiger partial charge on any atom is 0.157 e. The number of hydrogen-bond donors (Lipinski definition) is 1. The van der Waals surface area contributed by atoms with Crippen molar-refractivity contribution in [2.75, 3.05) is 26.3 Å². The molecule has 1 unspecified atom stereocenters. The van der Waals surface area contributed by atoms with Gasteiger partial charge in [-0.2, -0.15) is 0 Å². The topological polar surface area (TPSA) is 37.5 Å². The maximum absolute atomic E-state index is 5.73. The van der Waals surface area contributed by atoms with E-state index in [1.807, 2.05) is 13.8 Å². The molecule has 3 heterocycles. The van der Waals surface area contributed by atoms with Crippen molar-refractivity contribution in [3.05, 3.63) is 35.5 Å². The third kappa shape index (κ3) is 3.42. The summed E-state index contributed by atoms with van der Waals surface area (Å²) in [5.74, 6) is 0.700. The molecular formula is C22H32N2O2. The molecule has 2 aliphatic heterocycles. The number of aromatic nitrogens is 1. The molecule has 0 radical (unpaired) electrons. The molecule has 0 saturated carbocycles. The Morgan fingerprint density at radius 1 is 1.19 bits per heavy atom.